The summed E-state index contributed by atoms with van der Waals surface area (Å²) in [6.07, 6.45) is 3.11. The highest BCUT2D eigenvalue weighted by molar-refractivity contribution is 5.46. The second-order valence-corrected chi connectivity index (χ2v) is 9.19. The fraction of sp³-hybridized carbons (Fsp3) is 0.172. The zero-order chi connectivity index (χ0) is 23.9. The highest BCUT2D eigenvalue weighted by Gasteiger charge is 2.26. The first kappa shape index (κ1) is 21.2. The number of phenols is 2. The highest BCUT2D eigenvalue weighted by atomic mass is 16.3. The molecule has 0 atom stereocenters. The SMILES string of the molecule is O=c1c(Cc2ccc(O)cc2)nc2c(Cc3ccccc3)[nH]c3c(n1-2)CCc1cc(O)ccc1C3. The molecule has 0 bridgehead atoms. The number of phenolic OH excluding ortho intramolecular Hbond substituents is 2. The van der Waals surface area contributed by atoms with Crippen LogP contribution in [-0.4, -0.2) is 24.7 Å². The maximum atomic E-state index is 13.7. The van der Waals surface area contributed by atoms with Gasteiger partial charge < -0.3 is 15.2 Å². The molecule has 3 N–H and O–H groups in total. The van der Waals surface area contributed by atoms with Crippen molar-refractivity contribution in [1.82, 2.24) is 14.5 Å². The number of benzene rings is 3. The van der Waals surface area contributed by atoms with Gasteiger partial charge in [0.05, 0.1) is 5.69 Å². The van der Waals surface area contributed by atoms with Gasteiger partial charge in [0.2, 0.25) is 0 Å². The predicted octanol–water partition coefficient (Wildman–Crippen LogP) is 4.28. The molecule has 1 aliphatic carbocycles. The molecule has 2 heterocycles. The molecule has 6 heteroatoms. The van der Waals surface area contributed by atoms with Crippen molar-refractivity contribution < 1.29 is 10.2 Å². The summed E-state index contributed by atoms with van der Waals surface area (Å²) in [5, 5.41) is 19.6. The Kier molecular flexibility index (Phi) is 5.14. The van der Waals surface area contributed by atoms with Crippen LogP contribution in [0.2, 0.25) is 0 Å². The summed E-state index contributed by atoms with van der Waals surface area (Å²) in [5.41, 5.74) is 7.58. The Hall–Kier alpha value is -4.32. The average Bonchev–Trinajstić information content (AvgIpc) is 3.07. The molecule has 3 aromatic rings. The molecule has 0 saturated heterocycles. The standard InChI is InChI=1S/C29H25N3O3/c33-22-10-6-19(7-11-22)15-26-29(35)32-27-13-9-20-16-23(34)12-8-21(20)17-24(27)30-25(28(32)31-26)14-18-4-2-1-3-5-18/h1-8,10-12,16,30,33-34H,9,13-15,17H2. The first-order valence-electron chi connectivity index (χ1n) is 11.8. The van der Waals surface area contributed by atoms with E-state index in [0.29, 0.717) is 37.2 Å². The van der Waals surface area contributed by atoms with Gasteiger partial charge in [-0.25, -0.2) is 4.98 Å². The monoisotopic (exact) mass is 463 g/mol. The molecule has 3 aromatic carbocycles. The van der Waals surface area contributed by atoms with Crippen LogP contribution in [0.15, 0.2) is 77.6 Å². The van der Waals surface area contributed by atoms with E-state index in [2.05, 4.69) is 17.1 Å². The molecule has 0 radical (unpaired) electrons. The summed E-state index contributed by atoms with van der Waals surface area (Å²) in [6, 6.07) is 22.6. The highest BCUT2D eigenvalue weighted by Crippen LogP contribution is 2.29. The summed E-state index contributed by atoms with van der Waals surface area (Å²) < 4.78 is 1.80. The van der Waals surface area contributed by atoms with Gasteiger partial charge in [0.15, 0.2) is 5.82 Å². The van der Waals surface area contributed by atoms with E-state index in [9.17, 15) is 15.0 Å². The number of nitrogens with zero attached hydrogens (tertiary/aromatic N) is 2. The summed E-state index contributed by atoms with van der Waals surface area (Å²) in [6.45, 7) is 0. The molecule has 0 saturated carbocycles. The third-order valence-corrected chi connectivity index (χ3v) is 6.81. The fourth-order valence-electron chi connectivity index (χ4n) is 5.06. The summed E-state index contributed by atoms with van der Waals surface area (Å²) in [4.78, 5) is 22.2. The number of aromatic amines is 1. The Labute approximate surface area is 202 Å². The fourth-order valence-corrected chi connectivity index (χ4v) is 5.06. The lowest BCUT2D eigenvalue weighted by Crippen LogP contribution is -2.23. The number of rotatable bonds is 4. The van der Waals surface area contributed by atoms with Crippen LogP contribution in [0.25, 0.3) is 5.82 Å². The van der Waals surface area contributed by atoms with Gasteiger partial charge in [-0.1, -0.05) is 48.5 Å². The molecule has 2 aliphatic heterocycles. The van der Waals surface area contributed by atoms with Crippen molar-refractivity contribution in [3.05, 3.63) is 128 Å². The molecule has 6 nitrogen and oxygen atoms in total. The largest absolute Gasteiger partial charge is 0.508 e. The van der Waals surface area contributed by atoms with Crippen LogP contribution in [0.3, 0.4) is 0 Å². The summed E-state index contributed by atoms with van der Waals surface area (Å²) >= 11 is 0. The van der Waals surface area contributed by atoms with Gasteiger partial charge in [-0.05, 0) is 59.4 Å². The van der Waals surface area contributed by atoms with Crippen LogP contribution < -0.4 is 5.56 Å². The number of aromatic nitrogens is 3. The van der Waals surface area contributed by atoms with Crippen LogP contribution in [0.1, 0.15) is 45.0 Å². The van der Waals surface area contributed by atoms with Gasteiger partial charge >= 0.3 is 0 Å². The number of aryl methyl sites for hydroxylation is 1. The quantitative estimate of drug-likeness (QED) is 0.371. The van der Waals surface area contributed by atoms with E-state index in [1.165, 1.54) is 0 Å². The number of fused-ring (bicyclic) bond motifs is 4. The van der Waals surface area contributed by atoms with Crippen LogP contribution in [0.4, 0.5) is 0 Å². The second kappa shape index (κ2) is 8.47. The number of hydrogen-bond acceptors (Lipinski definition) is 4. The molecule has 0 amide bonds. The minimum atomic E-state index is -0.0959. The van der Waals surface area contributed by atoms with Crippen molar-refractivity contribution in [2.24, 2.45) is 0 Å². The lowest BCUT2D eigenvalue weighted by molar-refractivity contribution is 0.474. The van der Waals surface area contributed by atoms with Crippen molar-refractivity contribution in [3.8, 4) is 17.3 Å². The Morgan fingerprint density at radius 3 is 2.37 bits per heavy atom. The number of hydrogen-bond donors (Lipinski definition) is 3. The van der Waals surface area contributed by atoms with Crippen LogP contribution >= 0.6 is 0 Å². The molecule has 174 valence electrons. The van der Waals surface area contributed by atoms with E-state index in [1.54, 1.807) is 22.8 Å². The summed E-state index contributed by atoms with van der Waals surface area (Å²) in [5.74, 6) is 1.12. The minimum Gasteiger partial charge on any atom is -0.508 e. The van der Waals surface area contributed by atoms with Gasteiger partial charge in [-0.3, -0.25) is 9.36 Å². The maximum Gasteiger partial charge on any atom is 0.278 e. The van der Waals surface area contributed by atoms with Gasteiger partial charge in [0.25, 0.3) is 5.56 Å². The Morgan fingerprint density at radius 2 is 1.57 bits per heavy atom. The lowest BCUT2D eigenvalue weighted by Gasteiger charge is -2.18. The number of nitrogens with one attached hydrogen (secondary N) is 1. The molecule has 35 heavy (non-hydrogen) atoms. The third kappa shape index (κ3) is 3.97. The molecular weight excluding hydrogens is 438 g/mol. The van der Waals surface area contributed by atoms with Crippen LogP contribution in [-0.2, 0) is 32.1 Å². The van der Waals surface area contributed by atoms with Gasteiger partial charge in [-0.2, -0.15) is 0 Å². The van der Waals surface area contributed by atoms with E-state index >= 15 is 0 Å². The van der Waals surface area contributed by atoms with Crippen molar-refractivity contribution in [1.29, 1.82) is 0 Å². The Bertz CT molecular complexity index is 1550. The van der Waals surface area contributed by atoms with Crippen molar-refractivity contribution in [2.75, 3.05) is 0 Å². The molecule has 0 spiro atoms. The molecular formula is C29H25N3O3. The Balaban J connectivity index is 1.51. The van der Waals surface area contributed by atoms with E-state index in [0.717, 1.165) is 45.8 Å². The minimum absolute atomic E-state index is 0.0959. The maximum absolute atomic E-state index is 13.7. The summed E-state index contributed by atoms with van der Waals surface area (Å²) in [7, 11) is 0. The number of H-pyrrole nitrogens is 1. The van der Waals surface area contributed by atoms with E-state index in [-0.39, 0.29) is 17.1 Å². The van der Waals surface area contributed by atoms with Gasteiger partial charge in [-0.15, -0.1) is 0 Å². The topological polar surface area (TPSA) is 91.1 Å². The van der Waals surface area contributed by atoms with Gasteiger partial charge in [0, 0.05) is 30.7 Å². The predicted molar refractivity (Wildman–Crippen MR) is 134 cm³/mol. The molecule has 0 unspecified atom stereocenters. The van der Waals surface area contributed by atoms with Crippen LogP contribution in [0, 0.1) is 0 Å². The lowest BCUT2D eigenvalue weighted by atomic mass is 10.0. The molecule has 6 rings (SSSR count). The first-order chi connectivity index (χ1) is 17.0. The Morgan fingerprint density at radius 1 is 0.829 bits per heavy atom. The number of imidazole rings is 1. The zero-order valence-electron chi connectivity index (χ0n) is 19.2. The smallest absolute Gasteiger partial charge is 0.278 e. The number of aromatic hydroxyl groups is 2. The second-order valence-electron chi connectivity index (χ2n) is 9.19. The van der Waals surface area contributed by atoms with Crippen LogP contribution in [0.5, 0.6) is 11.5 Å². The van der Waals surface area contributed by atoms with Crippen molar-refractivity contribution in [3.63, 3.8) is 0 Å². The van der Waals surface area contributed by atoms with E-state index < -0.39 is 0 Å². The average molecular weight is 464 g/mol. The normalized spacial score (nSPS) is 12.8. The van der Waals surface area contributed by atoms with Crippen molar-refractivity contribution in [2.45, 2.75) is 32.1 Å². The van der Waals surface area contributed by atoms with E-state index in [1.807, 2.05) is 42.5 Å². The molecule has 0 fully saturated rings. The molecule has 0 aromatic heterocycles. The zero-order valence-corrected chi connectivity index (χ0v) is 19.2. The third-order valence-electron chi connectivity index (χ3n) is 6.81. The van der Waals surface area contributed by atoms with E-state index in [4.69, 9.17) is 4.98 Å². The van der Waals surface area contributed by atoms with Gasteiger partial charge in [0.1, 0.15) is 17.2 Å². The first-order valence-corrected chi connectivity index (χ1v) is 11.8. The molecule has 3 aliphatic rings. The van der Waals surface area contributed by atoms with Crippen molar-refractivity contribution >= 4 is 0 Å².